The first-order chi connectivity index (χ1) is 28.6. The second-order valence-corrected chi connectivity index (χ2v) is 18.3. The Hall–Kier alpha value is -5.52. The zero-order chi connectivity index (χ0) is 42.5. The van der Waals surface area contributed by atoms with Crippen molar-refractivity contribution in [1.29, 1.82) is 5.26 Å². The molecule has 5 heterocycles. The van der Waals surface area contributed by atoms with Crippen molar-refractivity contribution in [2.75, 3.05) is 55.6 Å². The van der Waals surface area contributed by atoms with Crippen molar-refractivity contribution in [2.45, 2.75) is 78.0 Å². The Morgan fingerprint density at radius 2 is 1.58 bits per heavy atom. The van der Waals surface area contributed by atoms with Gasteiger partial charge in [-0.3, -0.25) is 39.1 Å². The second-order valence-electron chi connectivity index (χ2n) is 17.9. The maximum atomic E-state index is 13.5. The van der Waals surface area contributed by atoms with Gasteiger partial charge in [-0.05, 0) is 80.6 Å². The zero-order valence-corrected chi connectivity index (χ0v) is 35.3. The molecule has 1 saturated carbocycles. The topological polar surface area (TPSA) is 168 Å². The number of nitrogens with zero attached hydrogens (tertiary/aromatic N) is 6. The highest BCUT2D eigenvalue weighted by molar-refractivity contribution is 6.31. The number of hydrogen-bond donors (Lipinski definition) is 2. The summed E-state index contributed by atoms with van der Waals surface area (Å²) in [4.78, 5) is 76.4. The predicted molar refractivity (Wildman–Crippen MR) is 225 cm³/mol. The number of carbonyl (C=O) groups is 5. The molecule has 1 aromatic heterocycles. The van der Waals surface area contributed by atoms with Crippen LogP contribution in [0.2, 0.25) is 5.02 Å². The van der Waals surface area contributed by atoms with Crippen molar-refractivity contribution >= 4 is 52.6 Å². The monoisotopic (exact) mass is 834 g/mol. The lowest BCUT2D eigenvalue weighted by Crippen LogP contribution is -2.74. The van der Waals surface area contributed by atoms with Crippen LogP contribution in [0.4, 0.5) is 11.5 Å². The maximum absolute atomic E-state index is 13.5. The van der Waals surface area contributed by atoms with Crippen molar-refractivity contribution in [3.63, 3.8) is 0 Å². The number of nitrogens with one attached hydrogen (secondary N) is 2. The average molecular weight is 835 g/mol. The molecule has 2 aromatic carbocycles. The van der Waals surface area contributed by atoms with Gasteiger partial charge in [-0.1, -0.05) is 39.3 Å². The summed E-state index contributed by atoms with van der Waals surface area (Å²) >= 11 is 6.25. The predicted octanol–water partition coefficient (Wildman–Crippen LogP) is 5.05. The van der Waals surface area contributed by atoms with E-state index in [0.717, 1.165) is 75.7 Å². The fourth-order valence-electron chi connectivity index (χ4n) is 10.2. The number of halogens is 1. The molecule has 4 aliphatic heterocycles. The molecule has 2 N–H and O–H groups in total. The summed E-state index contributed by atoms with van der Waals surface area (Å²) in [7, 11) is 0. The number of piperidine rings is 2. The number of amides is 5. The molecule has 1 unspecified atom stereocenters. The Bertz CT molecular complexity index is 2240. The highest BCUT2D eigenvalue weighted by atomic mass is 35.5. The first-order valence-electron chi connectivity index (χ1n) is 20.9. The van der Waals surface area contributed by atoms with Gasteiger partial charge in [0.2, 0.25) is 11.8 Å². The van der Waals surface area contributed by atoms with Crippen LogP contribution in [-0.4, -0.2) is 108 Å². The fraction of sp³-hybridized carbons (Fsp3) is 0.489. The molecule has 4 fully saturated rings. The van der Waals surface area contributed by atoms with Crippen LogP contribution in [0.15, 0.2) is 54.7 Å². The highest BCUT2D eigenvalue weighted by Gasteiger charge is 2.64. The summed E-state index contributed by atoms with van der Waals surface area (Å²) in [5.41, 5.74) is 1.87. The summed E-state index contributed by atoms with van der Waals surface area (Å²) in [5.74, 6) is -0.343. The van der Waals surface area contributed by atoms with E-state index >= 15 is 0 Å². The number of nitriles is 1. The lowest BCUT2D eigenvalue weighted by atomic mass is 9.49. The number of carbonyl (C=O) groups excluding carboxylic acids is 5. The molecule has 1 aliphatic carbocycles. The summed E-state index contributed by atoms with van der Waals surface area (Å²) in [6.07, 6.45) is 4.78. The van der Waals surface area contributed by atoms with E-state index < -0.39 is 29.7 Å². The Morgan fingerprint density at radius 3 is 2.23 bits per heavy atom. The van der Waals surface area contributed by atoms with Crippen molar-refractivity contribution in [3.8, 4) is 11.8 Å². The van der Waals surface area contributed by atoms with E-state index in [1.165, 1.54) is 6.20 Å². The molecular weight excluding hydrogens is 784 g/mol. The lowest BCUT2D eigenvalue weighted by Gasteiger charge is -2.63. The number of aromatic nitrogens is 1. The molecule has 0 spiro atoms. The van der Waals surface area contributed by atoms with E-state index in [4.69, 9.17) is 16.3 Å². The SMILES string of the molecule is CC1(C)C(NC(=O)c2ccc(N3CCC(CCN4CCN(c5cc6c(cn5)C(=O)N(C5CCC(=O)NC5=O)C6=O)CC4)CC3)cc2)C(C)(C)C1Oc1ccc(C#N)c(Cl)c1. The Balaban J connectivity index is 0.769. The number of piperazine rings is 1. The van der Waals surface area contributed by atoms with Gasteiger partial charge in [0.05, 0.1) is 21.7 Å². The van der Waals surface area contributed by atoms with Gasteiger partial charge in [0.1, 0.15) is 29.8 Å². The van der Waals surface area contributed by atoms with Crippen LogP contribution in [0, 0.1) is 28.1 Å². The van der Waals surface area contributed by atoms with Gasteiger partial charge in [-0.25, -0.2) is 4.98 Å². The number of benzene rings is 2. The number of imide groups is 2. The number of rotatable bonds is 10. The Morgan fingerprint density at radius 1 is 0.900 bits per heavy atom. The van der Waals surface area contributed by atoms with E-state index in [-0.39, 0.29) is 52.9 Å². The molecule has 15 heteroatoms. The molecule has 3 saturated heterocycles. The second kappa shape index (κ2) is 16.2. The molecule has 1 atom stereocenters. The average Bonchev–Trinajstić information content (AvgIpc) is 3.49. The van der Waals surface area contributed by atoms with E-state index in [9.17, 15) is 29.2 Å². The standard InChI is InChI=1S/C45H51ClN8O6/c1-44(2)42(45(3,4)43(44)60-31-10-7-29(25-47)34(46)23-31)50-38(56)28-5-8-30(9-6-28)52-17-14-27(15-18-52)13-16-51-19-21-53(22-20-51)36-24-32-33(26-48-36)41(59)54(40(32)58)35-11-12-37(55)49-39(35)57/h5-10,23-24,26-27,35,42-43H,11-22H2,1-4H3,(H,50,56)(H,49,55,57). The fourth-order valence-corrected chi connectivity index (χ4v) is 10.4. The molecule has 0 radical (unpaired) electrons. The van der Waals surface area contributed by atoms with Gasteiger partial charge in [0, 0.05) is 86.1 Å². The van der Waals surface area contributed by atoms with E-state index in [1.807, 2.05) is 24.3 Å². The molecule has 5 aliphatic rings. The van der Waals surface area contributed by atoms with Crippen molar-refractivity contribution in [1.82, 2.24) is 25.4 Å². The highest BCUT2D eigenvalue weighted by Crippen LogP contribution is 2.55. The minimum atomic E-state index is -0.999. The third-order valence-corrected chi connectivity index (χ3v) is 13.7. The van der Waals surface area contributed by atoms with Crippen LogP contribution < -0.4 is 25.2 Å². The smallest absolute Gasteiger partial charge is 0.263 e. The normalized spacial score (nSPS) is 24.1. The van der Waals surface area contributed by atoms with Crippen LogP contribution in [-0.2, 0) is 9.59 Å². The number of fused-ring (bicyclic) bond motifs is 1. The van der Waals surface area contributed by atoms with Gasteiger partial charge in [-0.15, -0.1) is 0 Å². The summed E-state index contributed by atoms with van der Waals surface area (Å²) in [5, 5.41) is 15.1. The van der Waals surface area contributed by atoms with E-state index in [1.54, 1.807) is 24.3 Å². The summed E-state index contributed by atoms with van der Waals surface area (Å²) < 4.78 is 6.38. The van der Waals surface area contributed by atoms with Crippen LogP contribution in [0.1, 0.15) is 96.4 Å². The van der Waals surface area contributed by atoms with E-state index in [2.05, 4.69) is 64.1 Å². The Labute approximate surface area is 355 Å². The van der Waals surface area contributed by atoms with Crippen molar-refractivity contribution in [3.05, 3.63) is 82.0 Å². The van der Waals surface area contributed by atoms with E-state index in [0.29, 0.717) is 33.6 Å². The van der Waals surface area contributed by atoms with Crippen molar-refractivity contribution < 1.29 is 28.7 Å². The molecule has 14 nitrogen and oxygen atoms in total. The minimum absolute atomic E-state index is 0.0772. The number of hydrogen-bond acceptors (Lipinski definition) is 11. The first kappa shape index (κ1) is 41.2. The lowest BCUT2D eigenvalue weighted by molar-refractivity contribution is -0.164. The van der Waals surface area contributed by atoms with Gasteiger partial charge in [-0.2, -0.15) is 5.26 Å². The summed E-state index contributed by atoms with van der Waals surface area (Å²) in [6.45, 7) is 14.6. The molecule has 60 heavy (non-hydrogen) atoms. The van der Waals surface area contributed by atoms with Gasteiger partial charge in [0.25, 0.3) is 17.7 Å². The quantitative estimate of drug-likeness (QED) is 0.263. The molecular formula is C45H51ClN8O6. The van der Waals surface area contributed by atoms with Gasteiger partial charge < -0.3 is 19.9 Å². The number of ether oxygens (including phenoxy) is 1. The van der Waals surface area contributed by atoms with Crippen LogP contribution in [0.3, 0.4) is 0 Å². The maximum Gasteiger partial charge on any atom is 0.263 e. The Kier molecular flexibility index (Phi) is 11.1. The number of anilines is 2. The third kappa shape index (κ3) is 7.69. The minimum Gasteiger partial charge on any atom is -0.489 e. The van der Waals surface area contributed by atoms with Crippen molar-refractivity contribution in [2.24, 2.45) is 16.7 Å². The molecule has 314 valence electrons. The molecule has 5 amide bonds. The van der Waals surface area contributed by atoms with Gasteiger partial charge in [0.15, 0.2) is 0 Å². The van der Waals surface area contributed by atoms with Crippen LogP contribution >= 0.6 is 11.6 Å². The number of pyridine rings is 1. The van der Waals surface area contributed by atoms with Crippen LogP contribution in [0.25, 0.3) is 0 Å². The summed E-state index contributed by atoms with van der Waals surface area (Å²) in [6, 6.07) is 15.6. The molecule has 0 bridgehead atoms. The zero-order valence-electron chi connectivity index (χ0n) is 34.5. The first-order valence-corrected chi connectivity index (χ1v) is 21.2. The largest absolute Gasteiger partial charge is 0.489 e. The third-order valence-electron chi connectivity index (χ3n) is 13.4. The van der Waals surface area contributed by atoms with Crippen LogP contribution in [0.5, 0.6) is 5.75 Å². The van der Waals surface area contributed by atoms with Gasteiger partial charge >= 0.3 is 0 Å². The molecule has 3 aromatic rings. The molecule has 8 rings (SSSR count).